The molecule has 0 aliphatic carbocycles. The molecule has 0 aliphatic rings. The lowest BCUT2D eigenvalue weighted by Gasteiger charge is -2.06. The molecule has 22 heavy (non-hydrogen) atoms. The van der Waals surface area contributed by atoms with Crippen molar-refractivity contribution in [2.75, 3.05) is 0 Å². The van der Waals surface area contributed by atoms with Crippen LogP contribution in [0.25, 0.3) is 10.9 Å². The molecular weight excluding hydrogens is 287 g/mol. The maximum atomic E-state index is 13.5. The van der Waals surface area contributed by atoms with E-state index < -0.39 is 11.8 Å². The Balaban J connectivity index is 1.81. The second-order valence-corrected chi connectivity index (χ2v) is 4.59. The summed E-state index contributed by atoms with van der Waals surface area (Å²) in [5.74, 6) is -1.27. The molecule has 1 N–H and O–H groups in total. The molecule has 3 aromatic rings. The SMILES string of the molecule is O=C(OCc1nc2ccccc2c(=O)[nH]1)c1ccccc1F. The zero-order valence-electron chi connectivity index (χ0n) is 11.4. The number of aromatic nitrogens is 2. The molecule has 1 heterocycles. The second kappa shape index (κ2) is 5.77. The van der Waals surface area contributed by atoms with Crippen molar-refractivity contribution >= 4 is 16.9 Å². The molecule has 0 aliphatic heterocycles. The lowest BCUT2D eigenvalue weighted by atomic mass is 10.2. The number of H-pyrrole nitrogens is 1. The molecule has 0 saturated heterocycles. The van der Waals surface area contributed by atoms with Crippen LogP contribution in [0.15, 0.2) is 53.3 Å². The Morgan fingerprint density at radius 1 is 1.14 bits per heavy atom. The number of para-hydroxylation sites is 1. The lowest BCUT2D eigenvalue weighted by molar-refractivity contribution is 0.0457. The number of rotatable bonds is 3. The van der Waals surface area contributed by atoms with Gasteiger partial charge in [-0.05, 0) is 24.3 Å². The van der Waals surface area contributed by atoms with Gasteiger partial charge in [0.1, 0.15) is 18.2 Å². The maximum Gasteiger partial charge on any atom is 0.341 e. The average Bonchev–Trinajstić information content (AvgIpc) is 2.53. The molecule has 0 radical (unpaired) electrons. The second-order valence-electron chi connectivity index (χ2n) is 4.59. The van der Waals surface area contributed by atoms with E-state index in [1.165, 1.54) is 24.3 Å². The molecule has 0 amide bonds. The van der Waals surface area contributed by atoms with E-state index in [4.69, 9.17) is 4.74 Å². The van der Waals surface area contributed by atoms with E-state index in [9.17, 15) is 14.0 Å². The number of hydrogen-bond donors (Lipinski definition) is 1. The van der Waals surface area contributed by atoms with E-state index >= 15 is 0 Å². The van der Waals surface area contributed by atoms with E-state index in [1.54, 1.807) is 24.3 Å². The van der Waals surface area contributed by atoms with Gasteiger partial charge in [-0.1, -0.05) is 24.3 Å². The van der Waals surface area contributed by atoms with Crippen molar-refractivity contribution < 1.29 is 13.9 Å². The molecule has 1 aromatic heterocycles. The number of ether oxygens (including phenoxy) is 1. The number of aromatic amines is 1. The summed E-state index contributed by atoms with van der Waals surface area (Å²) >= 11 is 0. The minimum Gasteiger partial charge on any atom is -0.454 e. The van der Waals surface area contributed by atoms with Gasteiger partial charge in [0.15, 0.2) is 0 Å². The Labute approximate surface area is 124 Å². The average molecular weight is 298 g/mol. The van der Waals surface area contributed by atoms with Crippen molar-refractivity contribution in [3.8, 4) is 0 Å². The zero-order chi connectivity index (χ0) is 15.5. The third kappa shape index (κ3) is 2.71. The molecule has 0 fully saturated rings. The van der Waals surface area contributed by atoms with Crippen molar-refractivity contribution in [2.45, 2.75) is 6.61 Å². The Morgan fingerprint density at radius 3 is 2.68 bits per heavy atom. The number of carbonyl (C=O) groups excluding carboxylic acids is 1. The van der Waals surface area contributed by atoms with Crippen LogP contribution in [0.4, 0.5) is 4.39 Å². The number of halogens is 1. The Bertz CT molecular complexity index is 905. The predicted molar refractivity (Wildman–Crippen MR) is 77.9 cm³/mol. The summed E-state index contributed by atoms with van der Waals surface area (Å²) < 4.78 is 18.5. The highest BCUT2D eigenvalue weighted by molar-refractivity contribution is 5.89. The molecule has 0 atom stereocenters. The minimum absolute atomic E-state index is 0.161. The predicted octanol–water partition coefficient (Wildman–Crippen LogP) is 2.42. The molecule has 6 heteroatoms. The van der Waals surface area contributed by atoms with Gasteiger partial charge in [0.05, 0.1) is 16.5 Å². The highest BCUT2D eigenvalue weighted by atomic mass is 19.1. The van der Waals surface area contributed by atoms with E-state index in [-0.39, 0.29) is 23.6 Å². The zero-order valence-corrected chi connectivity index (χ0v) is 11.4. The van der Waals surface area contributed by atoms with E-state index in [1.807, 2.05) is 0 Å². The van der Waals surface area contributed by atoms with Gasteiger partial charge in [-0.15, -0.1) is 0 Å². The monoisotopic (exact) mass is 298 g/mol. The van der Waals surface area contributed by atoms with Gasteiger partial charge < -0.3 is 9.72 Å². The van der Waals surface area contributed by atoms with Crippen LogP contribution in [-0.2, 0) is 11.3 Å². The Morgan fingerprint density at radius 2 is 1.86 bits per heavy atom. The quantitative estimate of drug-likeness (QED) is 0.754. The summed E-state index contributed by atoms with van der Waals surface area (Å²) in [6, 6.07) is 12.3. The van der Waals surface area contributed by atoms with E-state index in [0.29, 0.717) is 10.9 Å². The highest BCUT2D eigenvalue weighted by Gasteiger charge is 2.13. The van der Waals surface area contributed by atoms with Gasteiger partial charge in [-0.3, -0.25) is 4.79 Å². The summed E-state index contributed by atoms with van der Waals surface area (Å²) in [4.78, 5) is 30.4. The van der Waals surface area contributed by atoms with Crippen LogP contribution in [0.1, 0.15) is 16.2 Å². The number of fused-ring (bicyclic) bond motifs is 1. The summed E-state index contributed by atoms with van der Waals surface area (Å²) in [6.45, 7) is -0.243. The topological polar surface area (TPSA) is 72.0 Å². The number of nitrogens with zero attached hydrogens (tertiary/aromatic N) is 1. The normalized spacial score (nSPS) is 10.6. The fourth-order valence-electron chi connectivity index (χ4n) is 2.04. The molecular formula is C16H11FN2O3. The Kier molecular flexibility index (Phi) is 3.65. The van der Waals surface area contributed by atoms with Crippen LogP contribution in [-0.4, -0.2) is 15.9 Å². The minimum atomic E-state index is -0.811. The van der Waals surface area contributed by atoms with Gasteiger partial charge in [-0.2, -0.15) is 0 Å². The molecule has 0 spiro atoms. The summed E-state index contributed by atoms with van der Waals surface area (Å²) in [6.07, 6.45) is 0. The van der Waals surface area contributed by atoms with Gasteiger partial charge >= 0.3 is 5.97 Å². The molecule has 110 valence electrons. The number of benzene rings is 2. The van der Waals surface area contributed by atoms with Gasteiger partial charge in [0.2, 0.25) is 0 Å². The molecule has 5 nitrogen and oxygen atoms in total. The van der Waals surface area contributed by atoms with Gasteiger partial charge in [0, 0.05) is 0 Å². The first kappa shape index (κ1) is 13.9. The first-order valence-corrected chi connectivity index (χ1v) is 6.55. The van der Waals surface area contributed by atoms with Gasteiger partial charge in [-0.25, -0.2) is 14.2 Å². The van der Waals surface area contributed by atoms with E-state index in [0.717, 1.165) is 0 Å². The first-order valence-electron chi connectivity index (χ1n) is 6.55. The summed E-state index contributed by atoms with van der Waals surface area (Å²) in [7, 11) is 0. The Hall–Kier alpha value is -3.02. The lowest BCUT2D eigenvalue weighted by Crippen LogP contribution is -2.15. The smallest absolute Gasteiger partial charge is 0.341 e. The molecule has 2 aromatic carbocycles. The highest BCUT2D eigenvalue weighted by Crippen LogP contribution is 2.10. The van der Waals surface area contributed by atoms with E-state index in [2.05, 4.69) is 9.97 Å². The van der Waals surface area contributed by atoms with Crippen molar-refractivity contribution in [1.82, 2.24) is 9.97 Å². The van der Waals surface area contributed by atoms with Crippen LogP contribution in [0, 0.1) is 5.82 Å². The first-order chi connectivity index (χ1) is 10.6. The fourth-order valence-corrected chi connectivity index (χ4v) is 2.04. The van der Waals surface area contributed by atoms with Crippen LogP contribution in [0.3, 0.4) is 0 Å². The van der Waals surface area contributed by atoms with Crippen molar-refractivity contribution in [3.05, 3.63) is 76.1 Å². The molecule has 0 unspecified atom stereocenters. The van der Waals surface area contributed by atoms with Crippen molar-refractivity contribution in [3.63, 3.8) is 0 Å². The molecule has 0 saturated carbocycles. The number of nitrogens with one attached hydrogen (secondary N) is 1. The van der Waals surface area contributed by atoms with Crippen LogP contribution >= 0.6 is 0 Å². The van der Waals surface area contributed by atoms with Crippen LogP contribution < -0.4 is 5.56 Å². The number of hydrogen-bond acceptors (Lipinski definition) is 4. The van der Waals surface area contributed by atoms with Crippen LogP contribution in [0.5, 0.6) is 0 Å². The van der Waals surface area contributed by atoms with Crippen LogP contribution in [0.2, 0.25) is 0 Å². The molecule has 0 bridgehead atoms. The fraction of sp³-hybridized carbons (Fsp3) is 0.0625. The maximum absolute atomic E-state index is 13.5. The molecule has 3 rings (SSSR count). The third-order valence-corrected chi connectivity index (χ3v) is 3.10. The standard InChI is InChI=1S/C16H11FN2O3/c17-12-7-3-1-5-10(12)16(21)22-9-14-18-13-8-4-2-6-11(13)15(20)19-14/h1-8H,9H2,(H,18,19,20). The summed E-state index contributed by atoms with van der Waals surface area (Å²) in [5.41, 5.74) is 0.0244. The van der Waals surface area contributed by atoms with Crippen molar-refractivity contribution in [2.24, 2.45) is 0 Å². The number of carbonyl (C=O) groups is 1. The van der Waals surface area contributed by atoms with Crippen molar-refractivity contribution in [1.29, 1.82) is 0 Å². The largest absolute Gasteiger partial charge is 0.454 e. The summed E-state index contributed by atoms with van der Waals surface area (Å²) in [5, 5.41) is 0.451. The van der Waals surface area contributed by atoms with Gasteiger partial charge in [0.25, 0.3) is 5.56 Å². The number of esters is 1. The third-order valence-electron chi connectivity index (χ3n) is 3.10.